The van der Waals surface area contributed by atoms with Gasteiger partial charge in [0.1, 0.15) is 0 Å². The lowest BCUT2D eigenvalue weighted by molar-refractivity contribution is -0.120. The summed E-state index contributed by atoms with van der Waals surface area (Å²) in [6.07, 6.45) is 3.20. The lowest BCUT2D eigenvalue weighted by Gasteiger charge is -2.45. The Hall–Kier alpha value is -2.62. The van der Waals surface area contributed by atoms with Gasteiger partial charge in [-0.3, -0.25) is 4.79 Å². The van der Waals surface area contributed by atoms with E-state index in [9.17, 15) is 4.79 Å². The summed E-state index contributed by atoms with van der Waals surface area (Å²) in [7, 11) is 2.17. The topological polar surface area (TPSA) is 44.7 Å². The van der Waals surface area contributed by atoms with Crippen molar-refractivity contribution in [3.8, 4) is 0 Å². The predicted molar refractivity (Wildman–Crippen MR) is 113 cm³/mol. The number of benzene rings is 2. The normalized spacial score (nSPS) is 18.4. The predicted octanol–water partition coefficient (Wildman–Crippen LogP) is 4.41. The van der Waals surface area contributed by atoms with Gasteiger partial charge in [0.15, 0.2) is 0 Å². The maximum absolute atomic E-state index is 12.1. The molecule has 2 aromatic rings. The van der Waals surface area contributed by atoms with Gasteiger partial charge >= 0.3 is 0 Å². The highest BCUT2D eigenvalue weighted by atomic mass is 16.2. The zero-order valence-corrected chi connectivity index (χ0v) is 16.9. The third-order valence-electron chi connectivity index (χ3n) is 5.62. The van der Waals surface area contributed by atoms with E-state index < -0.39 is 0 Å². The molecule has 0 spiro atoms. The molecule has 3 rings (SSSR count). The molecule has 4 heteroatoms. The second kappa shape index (κ2) is 7.55. The van der Waals surface area contributed by atoms with Crippen LogP contribution >= 0.6 is 0 Å². The summed E-state index contributed by atoms with van der Waals surface area (Å²) in [6.45, 7) is 8.96. The van der Waals surface area contributed by atoms with E-state index in [0.29, 0.717) is 12.3 Å². The number of hydrogen-bond acceptors (Lipinski definition) is 3. The second-order valence-electron chi connectivity index (χ2n) is 8.20. The lowest BCUT2D eigenvalue weighted by atomic mass is 9.79. The van der Waals surface area contributed by atoms with E-state index in [-0.39, 0.29) is 11.4 Å². The van der Waals surface area contributed by atoms with Gasteiger partial charge in [-0.2, -0.15) is 5.10 Å². The van der Waals surface area contributed by atoms with Gasteiger partial charge in [-0.15, -0.1) is 0 Å². The maximum Gasteiger partial charge on any atom is 0.244 e. The Morgan fingerprint density at radius 1 is 1.30 bits per heavy atom. The summed E-state index contributed by atoms with van der Waals surface area (Å²) >= 11 is 0. The van der Waals surface area contributed by atoms with Crippen molar-refractivity contribution in [3.05, 3.63) is 64.7 Å². The molecule has 0 aromatic heterocycles. The van der Waals surface area contributed by atoms with Crippen molar-refractivity contribution in [1.82, 2.24) is 5.43 Å². The van der Waals surface area contributed by atoms with Crippen molar-refractivity contribution < 1.29 is 4.79 Å². The molecule has 0 radical (unpaired) electrons. The minimum atomic E-state index is -0.108. The molecule has 0 fully saturated rings. The van der Waals surface area contributed by atoms with Gasteiger partial charge in [-0.05, 0) is 67.5 Å². The lowest BCUT2D eigenvalue weighted by Crippen LogP contribution is -2.45. The van der Waals surface area contributed by atoms with Crippen LogP contribution in [0.1, 0.15) is 55.4 Å². The van der Waals surface area contributed by atoms with Crippen LogP contribution in [0.2, 0.25) is 0 Å². The van der Waals surface area contributed by atoms with E-state index >= 15 is 0 Å². The van der Waals surface area contributed by atoms with Crippen molar-refractivity contribution in [1.29, 1.82) is 0 Å². The van der Waals surface area contributed by atoms with Crippen LogP contribution in [-0.2, 0) is 11.2 Å². The van der Waals surface area contributed by atoms with Crippen LogP contribution in [0.5, 0.6) is 0 Å². The molecule has 1 N–H and O–H groups in total. The third-order valence-corrected chi connectivity index (χ3v) is 5.62. The Balaban J connectivity index is 1.73. The number of fused-ring (bicyclic) bond motifs is 1. The van der Waals surface area contributed by atoms with Crippen molar-refractivity contribution in [3.63, 3.8) is 0 Å². The van der Waals surface area contributed by atoms with Gasteiger partial charge in [0, 0.05) is 18.3 Å². The number of anilines is 1. The zero-order valence-electron chi connectivity index (χ0n) is 16.9. The Kier molecular flexibility index (Phi) is 5.36. The van der Waals surface area contributed by atoms with Gasteiger partial charge in [0.2, 0.25) is 5.91 Å². The van der Waals surface area contributed by atoms with Gasteiger partial charge < -0.3 is 4.90 Å². The fourth-order valence-corrected chi connectivity index (χ4v) is 3.87. The molecule has 27 heavy (non-hydrogen) atoms. The van der Waals surface area contributed by atoms with Crippen LogP contribution in [0.4, 0.5) is 5.69 Å². The monoisotopic (exact) mass is 363 g/mol. The fourth-order valence-electron chi connectivity index (χ4n) is 3.87. The number of rotatable bonds is 4. The molecule has 0 unspecified atom stereocenters. The Morgan fingerprint density at radius 3 is 2.70 bits per heavy atom. The molecule has 1 aliphatic heterocycles. The van der Waals surface area contributed by atoms with E-state index in [2.05, 4.69) is 62.3 Å². The van der Waals surface area contributed by atoms with Gasteiger partial charge in [-0.25, -0.2) is 5.43 Å². The fraction of sp³-hybridized carbons (Fsp3) is 0.391. The van der Waals surface area contributed by atoms with Crippen LogP contribution < -0.4 is 10.3 Å². The molecule has 1 amide bonds. The summed E-state index contributed by atoms with van der Waals surface area (Å²) in [5, 5.41) is 4.18. The first kappa shape index (κ1) is 19.2. The number of amides is 1. The highest BCUT2D eigenvalue weighted by molar-refractivity contribution is 5.86. The summed E-state index contributed by atoms with van der Waals surface area (Å²) in [5.41, 5.74) is 8.62. The highest BCUT2D eigenvalue weighted by Crippen LogP contribution is 2.43. The van der Waals surface area contributed by atoms with Crippen LogP contribution in [0, 0.1) is 6.92 Å². The number of carbonyl (C=O) groups excluding carboxylic acids is 1. The largest absolute Gasteiger partial charge is 0.369 e. The number of nitrogens with one attached hydrogen (secondary N) is 1. The summed E-state index contributed by atoms with van der Waals surface area (Å²) in [5.74, 6) is 0.384. The average molecular weight is 364 g/mol. The minimum Gasteiger partial charge on any atom is -0.369 e. The third kappa shape index (κ3) is 4.21. The van der Waals surface area contributed by atoms with Crippen LogP contribution in [-0.4, -0.2) is 24.7 Å². The molecule has 0 saturated carbocycles. The van der Waals surface area contributed by atoms with Crippen LogP contribution in [0.3, 0.4) is 0 Å². The first-order valence-electron chi connectivity index (χ1n) is 9.52. The molecule has 0 aliphatic carbocycles. The Labute approximate surface area is 162 Å². The SMILES string of the molecule is Cc1cc2c(cc1/C=N\NC(=O)Cc1ccccc1)[C@@H](C)CC(C)(C)N2C. The van der Waals surface area contributed by atoms with Crippen molar-refractivity contribution >= 4 is 17.8 Å². The smallest absolute Gasteiger partial charge is 0.244 e. The number of hydrazone groups is 1. The summed E-state index contributed by atoms with van der Waals surface area (Å²) in [6, 6.07) is 14.1. The van der Waals surface area contributed by atoms with Crippen molar-refractivity contribution in [2.24, 2.45) is 5.10 Å². The van der Waals surface area contributed by atoms with Crippen molar-refractivity contribution in [2.45, 2.75) is 52.0 Å². The summed E-state index contributed by atoms with van der Waals surface area (Å²) in [4.78, 5) is 14.4. The van der Waals surface area contributed by atoms with Gasteiger partial charge in [0.25, 0.3) is 0 Å². The second-order valence-corrected chi connectivity index (χ2v) is 8.20. The average Bonchev–Trinajstić information content (AvgIpc) is 2.61. The molecular formula is C23H29N3O. The molecule has 1 atom stereocenters. The molecule has 142 valence electrons. The van der Waals surface area contributed by atoms with E-state index in [0.717, 1.165) is 23.1 Å². The van der Waals surface area contributed by atoms with E-state index in [1.165, 1.54) is 11.3 Å². The first-order chi connectivity index (χ1) is 12.8. The molecular weight excluding hydrogens is 334 g/mol. The van der Waals surface area contributed by atoms with Crippen LogP contribution in [0.15, 0.2) is 47.6 Å². The minimum absolute atomic E-state index is 0.108. The molecule has 0 bridgehead atoms. The van der Waals surface area contributed by atoms with Crippen molar-refractivity contribution in [2.75, 3.05) is 11.9 Å². The number of carbonyl (C=O) groups is 1. The number of nitrogens with zero attached hydrogens (tertiary/aromatic N) is 2. The molecule has 4 nitrogen and oxygen atoms in total. The van der Waals surface area contributed by atoms with E-state index in [1.807, 2.05) is 30.3 Å². The highest BCUT2D eigenvalue weighted by Gasteiger charge is 2.34. The molecule has 2 aromatic carbocycles. The zero-order chi connectivity index (χ0) is 19.6. The standard InChI is InChI=1S/C23H29N3O/c1-16-11-21-20(17(2)14-23(3,4)26(21)5)13-19(16)15-24-25-22(27)12-18-9-7-6-8-10-18/h6-11,13,15,17H,12,14H2,1-5H3,(H,25,27)/b24-15-/t17-/m0/s1. The van der Waals surface area contributed by atoms with E-state index in [4.69, 9.17) is 0 Å². The summed E-state index contributed by atoms with van der Waals surface area (Å²) < 4.78 is 0. The van der Waals surface area contributed by atoms with Gasteiger partial charge in [-0.1, -0.05) is 37.3 Å². The van der Waals surface area contributed by atoms with Gasteiger partial charge in [0.05, 0.1) is 12.6 Å². The molecule has 1 heterocycles. The quantitative estimate of drug-likeness (QED) is 0.646. The van der Waals surface area contributed by atoms with E-state index in [1.54, 1.807) is 6.21 Å². The number of hydrogen-bond donors (Lipinski definition) is 1. The molecule has 0 saturated heterocycles. The molecule has 1 aliphatic rings. The number of aryl methyl sites for hydroxylation is 1. The maximum atomic E-state index is 12.1. The Morgan fingerprint density at radius 2 is 2.00 bits per heavy atom. The van der Waals surface area contributed by atoms with Crippen LogP contribution in [0.25, 0.3) is 0 Å². The first-order valence-corrected chi connectivity index (χ1v) is 9.52. The Bertz CT molecular complexity index is 855.